The van der Waals surface area contributed by atoms with Crippen LogP contribution < -0.4 is 10.9 Å². The van der Waals surface area contributed by atoms with E-state index in [0.29, 0.717) is 10.9 Å². The lowest BCUT2D eigenvalue weighted by Gasteiger charge is -2.15. The van der Waals surface area contributed by atoms with Gasteiger partial charge in [0.2, 0.25) is 0 Å². The number of pyridine rings is 1. The van der Waals surface area contributed by atoms with E-state index in [1.165, 1.54) is 30.5 Å². The second-order valence-electron chi connectivity index (χ2n) is 6.16. The molecule has 1 atom stereocenters. The molecule has 140 valence electrons. The molecule has 0 saturated carbocycles. The average molecular weight is 372 g/mol. The molecule has 3 rings (SSSR count). The van der Waals surface area contributed by atoms with Crippen molar-refractivity contribution in [3.63, 3.8) is 0 Å². The molecule has 3 aromatic rings. The van der Waals surface area contributed by atoms with Gasteiger partial charge in [0.1, 0.15) is 11.6 Å². The number of aromatic amines is 1. The number of nitrogens with one attached hydrogen (secondary N) is 2. The zero-order valence-electron chi connectivity index (χ0n) is 14.6. The van der Waals surface area contributed by atoms with Crippen LogP contribution in [-0.4, -0.2) is 29.0 Å². The summed E-state index contributed by atoms with van der Waals surface area (Å²) in [6, 6.07) is 7.79. The number of carbonyl (C=O) groups excluding carboxylic acids is 1. The molecule has 0 fully saturated rings. The highest BCUT2D eigenvalue weighted by atomic mass is 19.1. The number of aliphatic hydroxyl groups is 1. The summed E-state index contributed by atoms with van der Waals surface area (Å²) in [4.78, 5) is 27.2. The summed E-state index contributed by atoms with van der Waals surface area (Å²) < 4.78 is 29.2. The minimum absolute atomic E-state index is 0.0515. The van der Waals surface area contributed by atoms with E-state index in [9.17, 15) is 18.4 Å². The summed E-state index contributed by atoms with van der Waals surface area (Å²) in [6.45, 7) is 1.87. The van der Waals surface area contributed by atoms with Crippen molar-refractivity contribution in [2.24, 2.45) is 0 Å². The highest BCUT2D eigenvalue weighted by molar-refractivity contribution is 6.16. The normalized spacial score (nSPS) is 12.3. The predicted molar refractivity (Wildman–Crippen MR) is 97.9 cm³/mol. The maximum atomic E-state index is 14.6. The summed E-state index contributed by atoms with van der Waals surface area (Å²) in [5.74, 6) is -2.78. The number of rotatable bonds is 6. The molecular weight excluding hydrogens is 354 g/mol. The zero-order chi connectivity index (χ0) is 19.6. The lowest BCUT2D eigenvalue weighted by atomic mass is 9.95. The molecule has 0 spiro atoms. The van der Waals surface area contributed by atoms with Crippen LogP contribution in [0, 0.1) is 11.6 Å². The van der Waals surface area contributed by atoms with E-state index in [1.807, 2.05) is 0 Å². The summed E-state index contributed by atoms with van der Waals surface area (Å²) in [7, 11) is 0. The third-order valence-corrected chi connectivity index (χ3v) is 4.41. The number of hydrogen-bond donors (Lipinski definition) is 3. The van der Waals surface area contributed by atoms with Crippen LogP contribution in [0.5, 0.6) is 0 Å². The summed E-state index contributed by atoms with van der Waals surface area (Å²) in [6.07, 6.45) is 1.38. The SMILES string of the molecule is C[C@@H](NCCO)c1cc(F)c(C(=O)c2cccc3c(=O)[nH]ccc23)c(F)c1. The molecule has 2 aromatic carbocycles. The zero-order valence-corrected chi connectivity index (χ0v) is 14.6. The van der Waals surface area contributed by atoms with Gasteiger partial charge in [-0.2, -0.15) is 0 Å². The smallest absolute Gasteiger partial charge is 0.255 e. The molecule has 0 radical (unpaired) electrons. The summed E-state index contributed by atoms with van der Waals surface area (Å²) in [5, 5.41) is 12.3. The summed E-state index contributed by atoms with van der Waals surface area (Å²) in [5.41, 5.74) is -0.678. The Morgan fingerprint density at radius 1 is 1.19 bits per heavy atom. The number of ketones is 1. The molecule has 5 nitrogen and oxygen atoms in total. The number of fused-ring (bicyclic) bond motifs is 1. The molecule has 0 aliphatic heterocycles. The lowest BCUT2D eigenvalue weighted by Crippen LogP contribution is -2.22. The van der Waals surface area contributed by atoms with Gasteiger partial charge in [0.25, 0.3) is 5.56 Å². The predicted octanol–water partition coefficient (Wildman–Crippen LogP) is 2.68. The molecule has 1 aromatic heterocycles. The second-order valence-corrected chi connectivity index (χ2v) is 6.16. The average Bonchev–Trinajstić information content (AvgIpc) is 2.65. The lowest BCUT2D eigenvalue weighted by molar-refractivity contribution is 0.103. The van der Waals surface area contributed by atoms with Crippen LogP contribution in [0.2, 0.25) is 0 Å². The van der Waals surface area contributed by atoms with Gasteiger partial charge < -0.3 is 15.4 Å². The van der Waals surface area contributed by atoms with Gasteiger partial charge in [0.05, 0.1) is 12.2 Å². The molecule has 7 heteroatoms. The first kappa shape index (κ1) is 18.9. The Bertz CT molecular complexity index is 1040. The fourth-order valence-corrected chi connectivity index (χ4v) is 3.01. The Morgan fingerprint density at radius 2 is 1.89 bits per heavy atom. The molecule has 1 heterocycles. The van der Waals surface area contributed by atoms with Gasteiger partial charge in [0.15, 0.2) is 5.78 Å². The molecule has 0 bridgehead atoms. The van der Waals surface area contributed by atoms with Crippen molar-refractivity contribution in [2.45, 2.75) is 13.0 Å². The topological polar surface area (TPSA) is 82.2 Å². The fourth-order valence-electron chi connectivity index (χ4n) is 3.01. The van der Waals surface area contributed by atoms with Gasteiger partial charge in [-0.25, -0.2) is 8.78 Å². The van der Waals surface area contributed by atoms with Gasteiger partial charge >= 0.3 is 0 Å². The fraction of sp³-hybridized carbons (Fsp3) is 0.200. The number of benzene rings is 2. The first-order valence-electron chi connectivity index (χ1n) is 8.42. The van der Waals surface area contributed by atoms with E-state index in [-0.39, 0.29) is 29.7 Å². The van der Waals surface area contributed by atoms with Crippen molar-refractivity contribution in [2.75, 3.05) is 13.2 Å². The quantitative estimate of drug-likeness (QED) is 0.581. The Kier molecular flexibility index (Phi) is 5.43. The van der Waals surface area contributed by atoms with Crippen LogP contribution in [0.25, 0.3) is 10.8 Å². The van der Waals surface area contributed by atoms with Gasteiger partial charge in [0, 0.05) is 29.7 Å². The van der Waals surface area contributed by atoms with Gasteiger partial charge in [-0.05, 0) is 42.1 Å². The largest absolute Gasteiger partial charge is 0.395 e. The van der Waals surface area contributed by atoms with Crippen LogP contribution in [0.15, 0.2) is 47.4 Å². The first-order chi connectivity index (χ1) is 12.9. The number of aromatic nitrogens is 1. The van der Waals surface area contributed by atoms with Gasteiger partial charge in [-0.3, -0.25) is 9.59 Å². The van der Waals surface area contributed by atoms with Gasteiger partial charge in [-0.1, -0.05) is 12.1 Å². The van der Waals surface area contributed by atoms with Crippen LogP contribution in [0.3, 0.4) is 0 Å². The third kappa shape index (κ3) is 3.65. The molecule has 27 heavy (non-hydrogen) atoms. The van der Waals surface area contributed by atoms with Crippen molar-refractivity contribution in [1.82, 2.24) is 10.3 Å². The van der Waals surface area contributed by atoms with Crippen molar-refractivity contribution in [3.05, 3.63) is 81.3 Å². The van der Waals surface area contributed by atoms with Crippen LogP contribution >= 0.6 is 0 Å². The van der Waals surface area contributed by atoms with Crippen molar-refractivity contribution >= 4 is 16.6 Å². The van der Waals surface area contributed by atoms with Crippen LogP contribution in [0.1, 0.15) is 34.5 Å². The minimum atomic E-state index is -0.977. The Morgan fingerprint density at radius 3 is 2.56 bits per heavy atom. The van der Waals surface area contributed by atoms with E-state index in [1.54, 1.807) is 6.92 Å². The highest BCUT2D eigenvalue weighted by Gasteiger charge is 2.23. The molecule has 3 N–H and O–H groups in total. The number of carbonyl (C=O) groups is 1. The molecule has 0 aliphatic carbocycles. The molecular formula is C20H18F2N2O3. The van der Waals surface area contributed by atoms with Crippen molar-refractivity contribution < 1.29 is 18.7 Å². The maximum absolute atomic E-state index is 14.6. The van der Waals surface area contributed by atoms with E-state index in [4.69, 9.17) is 5.11 Å². The van der Waals surface area contributed by atoms with E-state index in [0.717, 1.165) is 12.1 Å². The first-order valence-corrected chi connectivity index (χ1v) is 8.42. The van der Waals surface area contributed by atoms with Crippen LogP contribution in [-0.2, 0) is 0 Å². The summed E-state index contributed by atoms with van der Waals surface area (Å²) >= 11 is 0. The maximum Gasteiger partial charge on any atom is 0.255 e. The standard InChI is InChI=1S/C20H18F2N2O3/c1-11(23-7-8-25)12-9-16(21)18(17(22)10-12)19(26)14-3-2-4-15-13(14)5-6-24-20(15)27/h2-6,9-11,23,25H,7-8H2,1H3,(H,24,27)/t11-/m1/s1. The highest BCUT2D eigenvalue weighted by Crippen LogP contribution is 2.25. The number of halogens is 2. The second kappa shape index (κ2) is 7.77. The monoisotopic (exact) mass is 372 g/mol. The van der Waals surface area contributed by atoms with Crippen molar-refractivity contribution in [3.8, 4) is 0 Å². The minimum Gasteiger partial charge on any atom is -0.395 e. The van der Waals surface area contributed by atoms with E-state index < -0.39 is 29.0 Å². The van der Waals surface area contributed by atoms with Crippen molar-refractivity contribution in [1.29, 1.82) is 0 Å². The molecule has 0 unspecified atom stereocenters. The van der Waals surface area contributed by atoms with Gasteiger partial charge in [-0.15, -0.1) is 0 Å². The number of H-pyrrole nitrogens is 1. The Hall–Kier alpha value is -2.90. The molecule has 0 saturated heterocycles. The molecule has 0 amide bonds. The number of aliphatic hydroxyl groups excluding tert-OH is 1. The Labute approximate surface area is 153 Å². The third-order valence-electron chi connectivity index (χ3n) is 4.41. The molecule has 0 aliphatic rings. The number of hydrogen-bond acceptors (Lipinski definition) is 4. The Balaban J connectivity index is 2.06. The van der Waals surface area contributed by atoms with E-state index in [2.05, 4.69) is 10.3 Å². The van der Waals surface area contributed by atoms with E-state index >= 15 is 0 Å². The van der Waals surface area contributed by atoms with Crippen LogP contribution in [0.4, 0.5) is 8.78 Å².